The van der Waals surface area contributed by atoms with Crippen LogP contribution >= 0.6 is 0 Å². The molecule has 1 N–H and O–H groups in total. The molecule has 0 spiro atoms. The first-order valence-corrected chi connectivity index (χ1v) is 9.78. The summed E-state index contributed by atoms with van der Waals surface area (Å²) in [6, 6.07) is 14.6. The largest absolute Gasteiger partial charge is 0.394 e. The van der Waals surface area contributed by atoms with Crippen LogP contribution in [0.15, 0.2) is 59.5 Å². The number of aryl methyl sites for hydroxylation is 1. The topological polar surface area (TPSA) is 83.9 Å². The van der Waals surface area contributed by atoms with Crippen LogP contribution in [0.5, 0.6) is 0 Å². The van der Waals surface area contributed by atoms with Crippen molar-refractivity contribution < 1.29 is 22.5 Å². The van der Waals surface area contributed by atoms with Gasteiger partial charge < -0.3 is 10.0 Å². The number of hydrogen-bond acceptors (Lipinski definition) is 5. The zero-order valence-electron chi connectivity index (χ0n) is 14.4. The van der Waals surface area contributed by atoms with Crippen LogP contribution in [-0.4, -0.2) is 49.6 Å². The average molecular weight is 375 g/mol. The molecule has 1 aliphatic heterocycles. The van der Waals surface area contributed by atoms with Gasteiger partial charge in [0.05, 0.1) is 23.6 Å². The summed E-state index contributed by atoms with van der Waals surface area (Å²) in [5.74, 6) is -0.247. The number of carbonyl (C=O) groups is 1. The van der Waals surface area contributed by atoms with E-state index in [2.05, 4.69) is 0 Å². The van der Waals surface area contributed by atoms with Gasteiger partial charge in [0, 0.05) is 12.1 Å². The van der Waals surface area contributed by atoms with E-state index in [0.29, 0.717) is 5.56 Å². The lowest BCUT2D eigenvalue weighted by molar-refractivity contribution is 0.0668. The standard InChI is InChI=1S/C19H21NO5S/c1-14-7-9-18(10-8-14)26(23,24)25-17-11-16(13-21)20(12-17)19(22)15-5-3-2-4-6-15/h2-10,16-17,21H,11-13H2,1H3/t16-,17+/m0/s1. The maximum atomic E-state index is 12.6. The Hall–Kier alpha value is -2.22. The van der Waals surface area contributed by atoms with E-state index >= 15 is 0 Å². The zero-order valence-corrected chi connectivity index (χ0v) is 15.2. The number of carbonyl (C=O) groups excluding carboxylic acids is 1. The molecule has 0 aliphatic carbocycles. The van der Waals surface area contributed by atoms with Crippen molar-refractivity contribution in [2.24, 2.45) is 0 Å². The Kier molecular flexibility index (Phi) is 5.41. The van der Waals surface area contributed by atoms with Gasteiger partial charge in [-0.2, -0.15) is 8.42 Å². The molecule has 1 heterocycles. The lowest BCUT2D eigenvalue weighted by Crippen LogP contribution is -2.38. The summed E-state index contributed by atoms with van der Waals surface area (Å²) in [5.41, 5.74) is 1.44. The lowest BCUT2D eigenvalue weighted by Gasteiger charge is -2.22. The third kappa shape index (κ3) is 3.95. The van der Waals surface area contributed by atoms with Gasteiger partial charge in [0.25, 0.3) is 16.0 Å². The normalized spacial score (nSPS) is 20.3. The molecule has 2 aromatic carbocycles. The fourth-order valence-corrected chi connectivity index (χ4v) is 4.13. The molecule has 0 radical (unpaired) electrons. The van der Waals surface area contributed by atoms with Gasteiger partial charge in [-0.1, -0.05) is 35.9 Å². The third-order valence-corrected chi connectivity index (χ3v) is 5.82. The summed E-state index contributed by atoms with van der Waals surface area (Å²) in [7, 11) is -3.93. The predicted octanol–water partition coefficient (Wildman–Crippen LogP) is 1.98. The molecule has 1 amide bonds. The molecule has 7 heteroatoms. The van der Waals surface area contributed by atoms with Gasteiger partial charge in [0.1, 0.15) is 0 Å². The van der Waals surface area contributed by atoms with E-state index in [0.717, 1.165) is 5.56 Å². The Balaban J connectivity index is 1.74. The van der Waals surface area contributed by atoms with Gasteiger partial charge in [-0.3, -0.25) is 8.98 Å². The van der Waals surface area contributed by atoms with E-state index < -0.39 is 22.3 Å². The Morgan fingerprint density at radius 3 is 2.42 bits per heavy atom. The molecule has 0 aromatic heterocycles. The number of aliphatic hydroxyl groups excluding tert-OH is 1. The molecule has 2 atom stereocenters. The first-order chi connectivity index (χ1) is 12.4. The molecule has 26 heavy (non-hydrogen) atoms. The maximum Gasteiger partial charge on any atom is 0.297 e. The van der Waals surface area contributed by atoms with E-state index in [1.54, 1.807) is 36.4 Å². The molecular weight excluding hydrogens is 354 g/mol. The van der Waals surface area contributed by atoms with Gasteiger partial charge in [-0.05, 0) is 37.6 Å². The summed E-state index contributed by atoms with van der Waals surface area (Å²) in [6.07, 6.45) is -0.425. The summed E-state index contributed by atoms with van der Waals surface area (Å²) < 4.78 is 30.2. The van der Waals surface area contributed by atoms with Crippen LogP contribution in [0.3, 0.4) is 0 Å². The second-order valence-electron chi connectivity index (χ2n) is 6.38. The smallest absolute Gasteiger partial charge is 0.297 e. The molecule has 1 fully saturated rings. The molecule has 0 unspecified atom stereocenters. The molecule has 0 saturated carbocycles. The quantitative estimate of drug-likeness (QED) is 0.808. The van der Waals surface area contributed by atoms with Crippen LogP contribution < -0.4 is 0 Å². The van der Waals surface area contributed by atoms with Crippen LogP contribution in [0, 0.1) is 6.92 Å². The van der Waals surface area contributed by atoms with E-state index in [1.807, 2.05) is 13.0 Å². The zero-order chi connectivity index (χ0) is 18.7. The molecule has 3 rings (SSSR count). The van der Waals surface area contributed by atoms with E-state index in [9.17, 15) is 18.3 Å². The van der Waals surface area contributed by atoms with Gasteiger partial charge in [-0.15, -0.1) is 0 Å². The first-order valence-electron chi connectivity index (χ1n) is 8.37. The van der Waals surface area contributed by atoms with Gasteiger partial charge in [0.2, 0.25) is 0 Å². The second kappa shape index (κ2) is 7.57. The second-order valence-corrected chi connectivity index (χ2v) is 7.95. The minimum Gasteiger partial charge on any atom is -0.394 e. The monoisotopic (exact) mass is 375 g/mol. The van der Waals surface area contributed by atoms with Crippen molar-refractivity contribution in [1.29, 1.82) is 0 Å². The van der Waals surface area contributed by atoms with Gasteiger partial charge in [0.15, 0.2) is 0 Å². The number of likely N-dealkylation sites (tertiary alicyclic amines) is 1. The third-order valence-electron chi connectivity index (χ3n) is 4.44. The van der Waals surface area contributed by atoms with Crippen molar-refractivity contribution in [2.75, 3.05) is 13.2 Å². The average Bonchev–Trinajstić information content (AvgIpc) is 3.04. The highest BCUT2D eigenvalue weighted by molar-refractivity contribution is 7.86. The molecule has 138 valence electrons. The van der Waals surface area contributed by atoms with Crippen LogP contribution in [0.25, 0.3) is 0 Å². The van der Waals surface area contributed by atoms with Crippen LogP contribution in [0.4, 0.5) is 0 Å². The molecule has 1 saturated heterocycles. The molecule has 1 aliphatic rings. The number of aliphatic hydroxyl groups is 1. The van der Waals surface area contributed by atoms with Crippen molar-refractivity contribution in [3.05, 3.63) is 65.7 Å². The summed E-state index contributed by atoms with van der Waals surface area (Å²) >= 11 is 0. The van der Waals surface area contributed by atoms with Gasteiger partial charge in [-0.25, -0.2) is 0 Å². The fourth-order valence-electron chi connectivity index (χ4n) is 3.05. The number of benzene rings is 2. The lowest BCUT2D eigenvalue weighted by atomic mass is 10.1. The Labute approximate surface area is 153 Å². The maximum absolute atomic E-state index is 12.6. The Bertz CT molecular complexity index is 865. The summed E-state index contributed by atoms with van der Waals surface area (Å²) in [4.78, 5) is 14.2. The van der Waals surface area contributed by atoms with Crippen LogP contribution in [0.2, 0.25) is 0 Å². The Morgan fingerprint density at radius 1 is 1.15 bits per heavy atom. The number of hydrogen-bond donors (Lipinski definition) is 1. The van der Waals surface area contributed by atoms with Crippen molar-refractivity contribution >= 4 is 16.0 Å². The van der Waals surface area contributed by atoms with Crippen LogP contribution in [0.1, 0.15) is 22.3 Å². The minimum absolute atomic E-state index is 0.0801. The number of nitrogens with zero attached hydrogens (tertiary/aromatic N) is 1. The highest BCUT2D eigenvalue weighted by Gasteiger charge is 2.38. The summed E-state index contributed by atoms with van der Waals surface area (Å²) in [5, 5.41) is 9.60. The van der Waals surface area contributed by atoms with E-state index in [1.165, 1.54) is 17.0 Å². The van der Waals surface area contributed by atoms with Crippen LogP contribution in [-0.2, 0) is 14.3 Å². The van der Waals surface area contributed by atoms with Crippen molar-refractivity contribution in [2.45, 2.75) is 30.4 Å². The molecular formula is C19H21NO5S. The first kappa shape index (κ1) is 18.6. The minimum atomic E-state index is -3.93. The van der Waals surface area contributed by atoms with E-state index in [-0.39, 0.29) is 30.4 Å². The Morgan fingerprint density at radius 2 is 1.81 bits per heavy atom. The number of amides is 1. The van der Waals surface area contributed by atoms with Crippen molar-refractivity contribution in [3.63, 3.8) is 0 Å². The van der Waals surface area contributed by atoms with Crippen molar-refractivity contribution in [3.8, 4) is 0 Å². The van der Waals surface area contributed by atoms with Crippen molar-refractivity contribution in [1.82, 2.24) is 4.90 Å². The molecule has 2 aromatic rings. The fraction of sp³-hybridized carbons (Fsp3) is 0.316. The molecule has 6 nitrogen and oxygen atoms in total. The van der Waals surface area contributed by atoms with Gasteiger partial charge >= 0.3 is 0 Å². The summed E-state index contributed by atoms with van der Waals surface area (Å²) in [6.45, 7) is 1.74. The molecule has 0 bridgehead atoms. The highest BCUT2D eigenvalue weighted by atomic mass is 32.2. The highest BCUT2D eigenvalue weighted by Crippen LogP contribution is 2.26. The predicted molar refractivity (Wildman–Crippen MR) is 96.2 cm³/mol. The number of rotatable bonds is 5. The SMILES string of the molecule is Cc1ccc(S(=O)(=O)O[C@@H]2C[C@@H](CO)N(C(=O)c3ccccc3)C2)cc1. The van der Waals surface area contributed by atoms with E-state index in [4.69, 9.17) is 4.18 Å².